The van der Waals surface area contributed by atoms with Crippen molar-refractivity contribution >= 4 is 23.5 Å². The average Bonchev–Trinajstić information content (AvgIpc) is 2.72. The van der Waals surface area contributed by atoms with Crippen molar-refractivity contribution in [2.75, 3.05) is 25.1 Å². The molecule has 174 valence electrons. The van der Waals surface area contributed by atoms with E-state index in [1.54, 1.807) is 6.20 Å². The summed E-state index contributed by atoms with van der Waals surface area (Å²) in [6.45, 7) is 7.71. The number of halogens is 1. The molecule has 1 aromatic carbocycles. The zero-order valence-corrected chi connectivity index (χ0v) is 19.6. The minimum absolute atomic E-state index is 0.144. The van der Waals surface area contributed by atoms with Crippen molar-refractivity contribution in [3.8, 4) is 16.9 Å². The molecule has 0 bridgehead atoms. The molecule has 0 radical (unpaired) electrons. The van der Waals surface area contributed by atoms with Crippen molar-refractivity contribution < 1.29 is 19.4 Å². The highest BCUT2D eigenvalue weighted by Crippen LogP contribution is 2.32. The van der Waals surface area contributed by atoms with Gasteiger partial charge < -0.3 is 25.2 Å². The van der Waals surface area contributed by atoms with Crippen LogP contribution in [-0.4, -0.2) is 47.6 Å². The third-order valence-corrected chi connectivity index (χ3v) is 5.66. The fraction of sp³-hybridized carbons (Fsp3) is 0.500. The molecule has 1 amide bonds. The number of nitrogens with one attached hydrogen (secondary N) is 2. The van der Waals surface area contributed by atoms with Crippen LogP contribution in [0.15, 0.2) is 36.5 Å². The molecule has 7 nitrogen and oxygen atoms in total. The molecule has 3 N–H and O–H groups in total. The van der Waals surface area contributed by atoms with Crippen molar-refractivity contribution in [1.82, 2.24) is 10.3 Å². The lowest BCUT2D eigenvalue weighted by molar-refractivity contribution is 0.0875. The fourth-order valence-corrected chi connectivity index (χ4v) is 4.29. The largest absolute Gasteiger partial charge is 0.492 e. The highest BCUT2D eigenvalue weighted by molar-refractivity contribution is 6.32. The maximum absolute atomic E-state index is 10.9. The van der Waals surface area contributed by atoms with Gasteiger partial charge in [0.05, 0.1) is 24.3 Å². The summed E-state index contributed by atoms with van der Waals surface area (Å²) in [5, 5.41) is 15.5. The molecule has 2 atom stereocenters. The number of aromatic nitrogens is 1. The van der Waals surface area contributed by atoms with E-state index in [1.165, 1.54) is 0 Å². The van der Waals surface area contributed by atoms with E-state index < -0.39 is 11.6 Å². The average molecular weight is 462 g/mol. The van der Waals surface area contributed by atoms with E-state index >= 15 is 0 Å². The quantitative estimate of drug-likeness (QED) is 0.460. The Morgan fingerprint density at radius 1 is 1.34 bits per heavy atom. The summed E-state index contributed by atoms with van der Waals surface area (Å²) in [5.41, 5.74) is 1.47. The van der Waals surface area contributed by atoms with Crippen LogP contribution in [0.5, 0.6) is 5.75 Å². The van der Waals surface area contributed by atoms with E-state index in [4.69, 9.17) is 26.2 Å². The summed E-state index contributed by atoms with van der Waals surface area (Å²) in [5.74, 6) is 1.57. The number of benzene rings is 1. The van der Waals surface area contributed by atoms with Crippen LogP contribution in [0.2, 0.25) is 5.02 Å². The molecule has 32 heavy (non-hydrogen) atoms. The molecule has 0 spiro atoms. The Labute approximate surface area is 194 Å². The van der Waals surface area contributed by atoms with Crippen molar-refractivity contribution in [3.05, 3.63) is 41.6 Å². The lowest BCUT2D eigenvalue weighted by Gasteiger charge is -2.28. The summed E-state index contributed by atoms with van der Waals surface area (Å²) in [6, 6.07) is 9.98. The first-order chi connectivity index (χ1) is 15.2. The highest BCUT2D eigenvalue weighted by atomic mass is 35.5. The van der Waals surface area contributed by atoms with Gasteiger partial charge in [-0.25, -0.2) is 9.78 Å². The van der Waals surface area contributed by atoms with E-state index in [-0.39, 0.29) is 12.0 Å². The standard InChI is InChI=1S/C24H32ClN3O4/c1-16(13-24(2,3)28-23(29)30)14-32-21-7-6-17(11-20(21)25)18-8-9-26-22(12-18)27-19-5-4-10-31-15-19/h6-9,11-12,16,19,28H,4-5,10,13-15H2,1-3H3,(H,26,27)(H,29,30). The van der Waals surface area contributed by atoms with Crippen LogP contribution in [0.3, 0.4) is 0 Å². The van der Waals surface area contributed by atoms with Gasteiger partial charge >= 0.3 is 6.09 Å². The molecule has 0 saturated carbocycles. The summed E-state index contributed by atoms with van der Waals surface area (Å²) in [7, 11) is 0. The normalized spacial score (nSPS) is 17.4. The number of amides is 1. The van der Waals surface area contributed by atoms with Crippen LogP contribution in [0.1, 0.15) is 40.0 Å². The number of carbonyl (C=O) groups is 1. The van der Waals surface area contributed by atoms with Gasteiger partial charge in [0.1, 0.15) is 11.6 Å². The number of hydrogen-bond donors (Lipinski definition) is 3. The number of hydrogen-bond acceptors (Lipinski definition) is 5. The van der Waals surface area contributed by atoms with E-state index in [0.717, 1.165) is 36.4 Å². The van der Waals surface area contributed by atoms with Crippen LogP contribution in [0.4, 0.5) is 10.6 Å². The van der Waals surface area contributed by atoms with Crippen molar-refractivity contribution in [1.29, 1.82) is 0 Å². The second-order valence-electron chi connectivity index (χ2n) is 9.07. The molecule has 1 aliphatic heterocycles. The number of anilines is 1. The van der Waals surface area contributed by atoms with Crippen molar-refractivity contribution in [2.24, 2.45) is 5.92 Å². The zero-order valence-electron chi connectivity index (χ0n) is 18.9. The number of carboxylic acid groups (broad SMARTS) is 1. The second kappa shape index (κ2) is 10.9. The Morgan fingerprint density at radius 2 is 2.12 bits per heavy atom. The van der Waals surface area contributed by atoms with E-state index in [9.17, 15) is 4.79 Å². The van der Waals surface area contributed by atoms with Crippen molar-refractivity contribution in [3.63, 3.8) is 0 Å². The summed E-state index contributed by atoms with van der Waals surface area (Å²) < 4.78 is 11.4. The van der Waals surface area contributed by atoms with Gasteiger partial charge in [-0.1, -0.05) is 24.6 Å². The molecule has 1 aromatic heterocycles. The molecule has 2 aromatic rings. The predicted molar refractivity (Wildman–Crippen MR) is 127 cm³/mol. The minimum Gasteiger partial charge on any atom is -0.492 e. The lowest BCUT2D eigenvalue weighted by Crippen LogP contribution is -2.44. The van der Waals surface area contributed by atoms with Crippen LogP contribution >= 0.6 is 11.6 Å². The van der Waals surface area contributed by atoms with Crippen LogP contribution < -0.4 is 15.4 Å². The van der Waals surface area contributed by atoms with Gasteiger partial charge in [0.15, 0.2) is 0 Å². The van der Waals surface area contributed by atoms with E-state index in [1.807, 2.05) is 51.1 Å². The van der Waals surface area contributed by atoms with Gasteiger partial charge in [0.25, 0.3) is 0 Å². The summed E-state index contributed by atoms with van der Waals surface area (Å²) in [6.07, 6.45) is 3.54. The minimum atomic E-state index is -1.02. The van der Waals surface area contributed by atoms with Gasteiger partial charge in [-0.15, -0.1) is 0 Å². The third kappa shape index (κ3) is 7.28. The molecule has 2 heterocycles. The maximum atomic E-state index is 10.9. The Bertz CT molecular complexity index is 916. The maximum Gasteiger partial charge on any atom is 0.405 e. The number of ether oxygens (including phenoxy) is 2. The Balaban J connectivity index is 1.60. The predicted octanol–water partition coefficient (Wildman–Crippen LogP) is 5.44. The Hall–Kier alpha value is -2.51. The Kier molecular flexibility index (Phi) is 8.21. The first kappa shape index (κ1) is 24.1. The Morgan fingerprint density at radius 3 is 2.81 bits per heavy atom. The SMILES string of the molecule is CC(COc1ccc(-c2ccnc(NC3CCCOC3)c2)cc1Cl)CC(C)(C)NC(=O)O. The highest BCUT2D eigenvalue weighted by Gasteiger charge is 2.23. The van der Waals surface area contributed by atoms with Crippen LogP contribution in [-0.2, 0) is 4.74 Å². The molecular formula is C24H32ClN3O4. The topological polar surface area (TPSA) is 92.7 Å². The monoisotopic (exact) mass is 461 g/mol. The summed E-state index contributed by atoms with van der Waals surface area (Å²) in [4.78, 5) is 15.3. The number of rotatable bonds is 9. The molecule has 1 fully saturated rings. The van der Waals surface area contributed by atoms with E-state index in [0.29, 0.717) is 30.4 Å². The van der Waals surface area contributed by atoms with Gasteiger partial charge in [0, 0.05) is 18.3 Å². The molecule has 8 heteroatoms. The fourth-order valence-electron chi connectivity index (χ4n) is 4.05. The molecule has 3 rings (SSSR count). The zero-order chi connectivity index (χ0) is 23.1. The lowest BCUT2D eigenvalue weighted by atomic mass is 9.92. The second-order valence-corrected chi connectivity index (χ2v) is 9.47. The van der Waals surface area contributed by atoms with Gasteiger partial charge in [-0.3, -0.25) is 0 Å². The van der Waals surface area contributed by atoms with Gasteiger partial charge in [-0.2, -0.15) is 0 Å². The number of pyridine rings is 1. The number of nitrogens with zero attached hydrogens (tertiary/aromatic N) is 1. The molecule has 1 saturated heterocycles. The smallest absolute Gasteiger partial charge is 0.405 e. The van der Waals surface area contributed by atoms with Crippen LogP contribution in [0, 0.1) is 5.92 Å². The van der Waals surface area contributed by atoms with Crippen LogP contribution in [0.25, 0.3) is 11.1 Å². The molecular weight excluding hydrogens is 430 g/mol. The molecule has 1 aliphatic rings. The van der Waals surface area contributed by atoms with Gasteiger partial charge in [0.2, 0.25) is 0 Å². The third-order valence-electron chi connectivity index (χ3n) is 5.36. The van der Waals surface area contributed by atoms with E-state index in [2.05, 4.69) is 15.6 Å². The summed E-state index contributed by atoms with van der Waals surface area (Å²) >= 11 is 6.50. The molecule has 2 unspecified atom stereocenters. The van der Waals surface area contributed by atoms with Gasteiger partial charge in [-0.05, 0) is 74.4 Å². The first-order valence-electron chi connectivity index (χ1n) is 11.0. The van der Waals surface area contributed by atoms with Crippen molar-refractivity contribution in [2.45, 2.75) is 51.6 Å². The first-order valence-corrected chi connectivity index (χ1v) is 11.3. The molecule has 0 aliphatic carbocycles.